The summed E-state index contributed by atoms with van der Waals surface area (Å²) in [5.74, 6) is -2.30. The molecule has 0 radical (unpaired) electrons. The minimum atomic E-state index is -1.85. The third-order valence-corrected chi connectivity index (χ3v) is 4.73. The quantitative estimate of drug-likeness (QED) is 0.525. The monoisotopic (exact) mass is 402 g/mol. The lowest BCUT2D eigenvalue weighted by atomic mass is 9.67. The molecule has 9 heteroatoms. The van der Waals surface area contributed by atoms with Crippen molar-refractivity contribution in [2.75, 3.05) is 26.9 Å². The molecule has 1 amide bonds. The second-order valence-electron chi connectivity index (χ2n) is 6.39. The number of fused-ring (bicyclic) bond motifs is 2. The number of esters is 2. The normalized spacial score (nSPS) is 20.3. The molecule has 29 heavy (non-hydrogen) atoms. The first-order valence-electron chi connectivity index (χ1n) is 9.03. The summed E-state index contributed by atoms with van der Waals surface area (Å²) in [5, 5.41) is 2.64. The number of nitrogens with two attached hydrogens (primary N) is 1. The van der Waals surface area contributed by atoms with Gasteiger partial charge in [0.25, 0.3) is 0 Å². The second-order valence-corrected chi connectivity index (χ2v) is 6.39. The van der Waals surface area contributed by atoms with Gasteiger partial charge in [-0.25, -0.2) is 9.59 Å². The fourth-order valence-corrected chi connectivity index (χ4v) is 3.62. The van der Waals surface area contributed by atoms with E-state index in [1.54, 1.807) is 38.1 Å². The fourth-order valence-electron chi connectivity index (χ4n) is 3.62. The molecular formula is C20H22N2O7. The SMILES string of the molecule is CCOC(=O)C1=C(N)Oc2ccccc2[C@@]12C(=O)NC(C)=C2C(=O)OCCOC. The van der Waals surface area contributed by atoms with Crippen molar-refractivity contribution in [3.8, 4) is 5.75 Å². The number of amides is 1. The molecule has 2 aliphatic heterocycles. The Labute approximate surface area is 167 Å². The molecule has 1 spiro atoms. The van der Waals surface area contributed by atoms with Crippen molar-refractivity contribution in [3.63, 3.8) is 0 Å². The van der Waals surface area contributed by atoms with Crippen molar-refractivity contribution in [1.82, 2.24) is 5.32 Å². The van der Waals surface area contributed by atoms with Gasteiger partial charge in [-0.3, -0.25) is 4.79 Å². The van der Waals surface area contributed by atoms with Crippen LogP contribution in [0.3, 0.4) is 0 Å². The summed E-state index contributed by atoms with van der Waals surface area (Å²) in [5.41, 5.74) is 4.46. The summed E-state index contributed by atoms with van der Waals surface area (Å²) in [4.78, 5) is 39.1. The highest BCUT2D eigenvalue weighted by Gasteiger charge is 2.61. The average Bonchev–Trinajstić information content (AvgIpc) is 2.92. The molecule has 3 rings (SSSR count). The number of methoxy groups -OCH3 is 1. The van der Waals surface area contributed by atoms with E-state index < -0.39 is 23.3 Å². The number of carbonyl (C=O) groups excluding carboxylic acids is 3. The van der Waals surface area contributed by atoms with Gasteiger partial charge < -0.3 is 30.0 Å². The number of nitrogens with one attached hydrogen (secondary N) is 1. The van der Waals surface area contributed by atoms with E-state index >= 15 is 0 Å². The first kappa shape index (κ1) is 20.4. The maximum atomic E-state index is 13.3. The van der Waals surface area contributed by atoms with E-state index in [0.29, 0.717) is 5.56 Å². The predicted octanol–water partition coefficient (Wildman–Crippen LogP) is 0.644. The van der Waals surface area contributed by atoms with Crippen LogP contribution in [-0.2, 0) is 34.0 Å². The minimum Gasteiger partial charge on any atom is -0.462 e. The van der Waals surface area contributed by atoms with Crippen LogP contribution < -0.4 is 15.8 Å². The molecule has 3 N–H and O–H groups in total. The molecule has 2 heterocycles. The van der Waals surface area contributed by atoms with Crippen LogP contribution in [0, 0.1) is 0 Å². The molecule has 0 saturated carbocycles. The number of ether oxygens (including phenoxy) is 4. The van der Waals surface area contributed by atoms with Crippen LogP contribution in [-0.4, -0.2) is 44.8 Å². The Bertz CT molecular complexity index is 935. The van der Waals surface area contributed by atoms with Crippen molar-refractivity contribution < 1.29 is 33.3 Å². The molecule has 0 aromatic heterocycles. The molecule has 1 aromatic carbocycles. The van der Waals surface area contributed by atoms with E-state index in [4.69, 9.17) is 24.7 Å². The zero-order valence-electron chi connectivity index (χ0n) is 16.4. The smallest absolute Gasteiger partial charge is 0.341 e. The number of hydrogen-bond donors (Lipinski definition) is 2. The molecule has 154 valence electrons. The first-order valence-corrected chi connectivity index (χ1v) is 9.03. The third-order valence-electron chi connectivity index (χ3n) is 4.73. The summed E-state index contributed by atoms with van der Waals surface area (Å²) in [6.45, 7) is 3.37. The Morgan fingerprint density at radius 2 is 1.83 bits per heavy atom. The molecular weight excluding hydrogens is 380 g/mol. The van der Waals surface area contributed by atoms with Gasteiger partial charge in [-0.05, 0) is 19.9 Å². The average molecular weight is 402 g/mol. The molecule has 0 bridgehead atoms. The maximum Gasteiger partial charge on any atom is 0.341 e. The van der Waals surface area contributed by atoms with E-state index in [1.807, 2.05) is 0 Å². The summed E-state index contributed by atoms with van der Waals surface area (Å²) in [6.07, 6.45) is 0. The minimum absolute atomic E-state index is 0.0253. The van der Waals surface area contributed by atoms with Gasteiger partial charge in [-0.2, -0.15) is 0 Å². The largest absolute Gasteiger partial charge is 0.462 e. The summed E-state index contributed by atoms with van der Waals surface area (Å²) >= 11 is 0. The second kappa shape index (κ2) is 7.96. The van der Waals surface area contributed by atoms with E-state index in [1.165, 1.54) is 7.11 Å². The Balaban J connectivity index is 2.26. The van der Waals surface area contributed by atoms with Crippen molar-refractivity contribution in [3.05, 3.63) is 52.6 Å². The Kier molecular flexibility index (Phi) is 5.60. The number of rotatable bonds is 6. The maximum absolute atomic E-state index is 13.3. The van der Waals surface area contributed by atoms with Crippen LogP contribution in [0.2, 0.25) is 0 Å². The highest BCUT2D eigenvalue weighted by Crippen LogP contribution is 2.51. The number of allylic oxidation sites excluding steroid dienone is 1. The number of para-hydroxylation sites is 1. The summed E-state index contributed by atoms with van der Waals surface area (Å²) < 4.78 is 20.9. The van der Waals surface area contributed by atoms with Crippen molar-refractivity contribution in [2.45, 2.75) is 19.3 Å². The van der Waals surface area contributed by atoms with Gasteiger partial charge in [0.1, 0.15) is 23.3 Å². The molecule has 0 saturated heterocycles. The molecule has 0 unspecified atom stereocenters. The summed E-state index contributed by atoms with van der Waals surface area (Å²) in [7, 11) is 1.47. The fraction of sp³-hybridized carbons (Fsp3) is 0.350. The van der Waals surface area contributed by atoms with Gasteiger partial charge in [-0.1, -0.05) is 18.2 Å². The van der Waals surface area contributed by atoms with E-state index in [2.05, 4.69) is 5.32 Å². The molecule has 1 aromatic rings. The van der Waals surface area contributed by atoms with E-state index in [-0.39, 0.29) is 48.3 Å². The molecule has 1 atom stereocenters. The highest BCUT2D eigenvalue weighted by molar-refractivity contribution is 6.17. The standard InChI is InChI=1S/C20H22N2O7/c1-4-27-18(24)15-16(21)29-13-8-6-5-7-12(13)20(15)14(11(2)22-19(20)25)17(23)28-10-9-26-3/h5-8H,4,9-10,21H2,1-3H3,(H,22,25)/t20-/m0/s1. The van der Waals surface area contributed by atoms with Crippen LogP contribution in [0.1, 0.15) is 19.4 Å². The lowest BCUT2D eigenvalue weighted by Gasteiger charge is -2.35. The molecule has 0 aliphatic carbocycles. The van der Waals surface area contributed by atoms with Gasteiger partial charge in [0.15, 0.2) is 0 Å². The van der Waals surface area contributed by atoms with Gasteiger partial charge >= 0.3 is 11.9 Å². The number of carbonyl (C=O) groups is 3. The zero-order valence-corrected chi connectivity index (χ0v) is 16.4. The van der Waals surface area contributed by atoms with Gasteiger partial charge in [0.2, 0.25) is 11.8 Å². The number of hydrogen-bond acceptors (Lipinski definition) is 8. The predicted molar refractivity (Wildman–Crippen MR) is 100 cm³/mol. The van der Waals surface area contributed by atoms with E-state index in [9.17, 15) is 14.4 Å². The highest BCUT2D eigenvalue weighted by atomic mass is 16.6. The topological polar surface area (TPSA) is 126 Å². The van der Waals surface area contributed by atoms with Crippen molar-refractivity contribution in [2.24, 2.45) is 5.73 Å². The van der Waals surface area contributed by atoms with E-state index in [0.717, 1.165) is 0 Å². The lowest BCUT2D eigenvalue weighted by molar-refractivity contribution is -0.143. The summed E-state index contributed by atoms with van der Waals surface area (Å²) in [6, 6.07) is 6.56. The first-order chi connectivity index (χ1) is 13.9. The van der Waals surface area contributed by atoms with Crippen LogP contribution in [0.4, 0.5) is 0 Å². The van der Waals surface area contributed by atoms with Crippen molar-refractivity contribution in [1.29, 1.82) is 0 Å². The van der Waals surface area contributed by atoms with Crippen LogP contribution in [0.5, 0.6) is 5.75 Å². The molecule has 0 fully saturated rings. The Hall–Kier alpha value is -3.33. The van der Waals surface area contributed by atoms with Crippen molar-refractivity contribution >= 4 is 17.8 Å². The number of benzene rings is 1. The van der Waals surface area contributed by atoms with Gasteiger partial charge in [-0.15, -0.1) is 0 Å². The zero-order chi connectivity index (χ0) is 21.2. The third kappa shape index (κ3) is 3.13. The van der Waals surface area contributed by atoms with Crippen LogP contribution >= 0.6 is 0 Å². The lowest BCUT2D eigenvalue weighted by Crippen LogP contribution is -2.49. The molecule has 9 nitrogen and oxygen atoms in total. The van der Waals surface area contributed by atoms with Crippen LogP contribution in [0.25, 0.3) is 0 Å². The molecule has 2 aliphatic rings. The Morgan fingerprint density at radius 3 is 2.52 bits per heavy atom. The van der Waals surface area contributed by atoms with Crippen LogP contribution in [0.15, 0.2) is 47.0 Å². The van der Waals surface area contributed by atoms with Gasteiger partial charge in [0.05, 0.1) is 18.8 Å². The Morgan fingerprint density at radius 1 is 1.14 bits per heavy atom. The van der Waals surface area contributed by atoms with Gasteiger partial charge in [0, 0.05) is 18.4 Å².